The van der Waals surface area contributed by atoms with E-state index in [9.17, 15) is 9.18 Å². The molecule has 0 aliphatic rings. The lowest BCUT2D eigenvalue weighted by molar-refractivity contribution is 0.0935. The van der Waals surface area contributed by atoms with Crippen LogP contribution in [-0.4, -0.2) is 10.9 Å². The van der Waals surface area contributed by atoms with Gasteiger partial charge in [0.1, 0.15) is 11.5 Å². The standard InChI is InChI=1S/C17H15FN2O/c1-11(12-6-3-2-4-7-12)19-17(21)15-10-13-8-5-9-14(18)16(13)20-15/h2-11,20H,1H3,(H,19,21)/t11-/m1/s1. The van der Waals surface area contributed by atoms with E-state index >= 15 is 0 Å². The highest BCUT2D eigenvalue weighted by atomic mass is 19.1. The molecule has 0 unspecified atom stereocenters. The first kappa shape index (κ1) is 13.4. The fourth-order valence-corrected chi connectivity index (χ4v) is 2.34. The van der Waals surface area contributed by atoms with Crippen LogP contribution >= 0.6 is 0 Å². The van der Waals surface area contributed by atoms with Crippen LogP contribution in [0.3, 0.4) is 0 Å². The average Bonchev–Trinajstić information content (AvgIpc) is 2.94. The van der Waals surface area contributed by atoms with Crippen LogP contribution in [0, 0.1) is 5.82 Å². The normalized spacial score (nSPS) is 12.3. The Morgan fingerprint density at radius 1 is 1.14 bits per heavy atom. The fourth-order valence-electron chi connectivity index (χ4n) is 2.34. The number of aromatic nitrogens is 1. The van der Waals surface area contributed by atoms with Gasteiger partial charge in [0, 0.05) is 5.39 Å². The second-order valence-corrected chi connectivity index (χ2v) is 4.99. The van der Waals surface area contributed by atoms with Gasteiger partial charge in [0.2, 0.25) is 0 Å². The van der Waals surface area contributed by atoms with Crippen LogP contribution in [0.15, 0.2) is 54.6 Å². The van der Waals surface area contributed by atoms with E-state index in [4.69, 9.17) is 0 Å². The van der Waals surface area contributed by atoms with E-state index in [2.05, 4.69) is 10.3 Å². The zero-order chi connectivity index (χ0) is 14.8. The molecule has 0 saturated carbocycles. The van der Waals surface area contributed by atoms with Crippen molar-refractivity contribution in [2.75, 3.05) is 0 Å². The Hall–Kier alpha value is -2.62. The van der Waals surface area contributed by atoms with Crippen molar-refractivity contribution in [3.63, 3.8) is 0 Å². The summed E-state index contributed by atoms with van der Waals surface area (Å²) in [5, 5.41) is 3.59. The van der Waals surface area contributed by atoms with E-state index in [0.717, 1.165) is 5.56 Å². The van der Waals surface area contributed by atoms with Crippen molar-refractivity contribution in [3.8, 4) is 0 Å². The molecule has 0 spiro atoms. The number of carbonyl (C=O) groups is 1. The van der Waals surface area contributed by atoms with Gasteiger partial charge in [-0.25, -0.2) is 4.39 Å². The second-order valence-electron chi connectivity index (χ2n) is 4.99. The zero-order valence-electron chi connectivity index (χ0n) is 11.6. The molecule has 106 valence electrons. The quantitative estimate of drug-likeness (QED) is 0.754. The molecule has 1 heterocycles. The third-order valence-electron chi connectivity index (χ3n) is 3.50. The molecule has 21 heavy (non-hydrogen) atoms. The molecule has 2 aromatic carbocycles. The molecule has 3 nitrogen and oxygen atoms in total. The highest BCUT2D eigenvalue weighted by molar-refractivity contribution is 5.98. The van der Waals surface area contributed by atoms with Crippen molar-refractivity contribution in [3.05, 3.63) is 71.7 Å². The average molecular weight is 282 g/mol. The molecule has 0 fully saturated rings. The molecular formula is C17H15FN2O. The molecule has 0 radical (unpaired) electrons. The summed E-state index contributed by atoms with van der Waals surface area (Å²) >= 11 is 0. The van der Waals surface area contributed by atoms with Gasteiger partial charge in [0.15, 0.2) is 0 Å². The number of benzene rings is 2. The maximum absolute atomic E-state index is 13.6. The number of H-pyrrole nitrogens is 1. The van der Waals surface area contributed by atoms with Crippen LogP contribution in [-0.2, 0) is 0 Å². The molecule has 1 atom stereocenters. The number of hydrogen-bond acceptors (Lipinski definition) is 1. The Morgan fingerprint density at radius 3 is 2.62 bits per heavy atom. The Morgan fingerprint density at radius 2 is 1.90 bits per heavy atom. The Labute approximate surface area is 121 Å². The van der Waals surface area contributed by atoms with Crippen molar-refractivity contribution < 1.29 is 9.18 Å². The van der Waals surface area contributed by atoms with Crippen LogP contribution < -0.4 is 5.32 Å². The first-order chi connectivity index (χ1) is 10.1. The lowest BCUT2D eigenvalue weighted by Gasteiger charge is -2.13. The zero-order valence-corrected chi connectivity index (χ0v) is 11.6. The molecule has 1 amide bonds. The third-order valence-corrected chi connectivity index (χ3v) is 3.50. The highest BCUT2D eigenvalue weighted by Gasteiger charge is 2.14. The number of halogens is 1. The monoisotopic (exact) mass is 282 g/mol. The molecule has 0 bridgehead atoms. The summed E-state index contributed by atoms with van der Waals surface area (Å²) in [7, 11) is 0. The van der Waals surface area contributed by atoms with Crippen molar-refractivity contribution in [2.24, 2.45) is 0 Å². The summed E-state index contributed by atoms with van der Waals surface area (Å²) < 4.78 is 13.6. The smallest absolute Gasteiger partial charge is 0.268 e. The van der Waals surface area contributed by atoms with Crippen molar-refractivity contribution >= 4 is 16.8 Å². The minimum atomic E-state index is -0.359. The Kier molecular flexibility index (Phi) is 3.44. The van der Waals surface area contributed by atoms with E-state index in [0.29, 0.717) is 16.6 Å². The molecule has 0 aliphatic heterocycles. The van der Waals surface area contributed by atoms with Gasteiger partial charge in [-0.05, 0) is 24.6 Å². The molecule has 0 aliphatic carbocycles. The van der Waals surface area contributed by atoms with E-state index < -0.39 is 0 Å². The summed E-state index contributed by atoms with van der Waals surface area (Å²) in [6.07, 6.45) is 0. The van der Waals surface area contributed by atoms with Gasteiger partial charge in [0.25, 0.3) is 5.91 Å². The predicted octanol–water partition coefficient (Wildman–Crippen LogP) is 3.80. The largest absolute Gasteiger partial charge is 0.348 e. The lowest BCUT2D eigenvalue weighted by atomic mass is 10.1. The lowest BCUT2D eigenvalue weighted by Crippen LogP contribution is -2.26. The second kappa shape index (κ2) is 5.40. The first-order valence-corrected chi connectivity index (χ1v) is 6.78. The predicted molar refractivity (Wildman–Crippen MR) is 80.6 cm³/mol. The van der Waals surface area contributed by atoms with Gasteiger partial charge in [0.05, 0.1) is 11.6 Å². The fraction of sp³-hybridized carbons (Fsp3) is 0.118. The molecular weight excluding hydrogens is 267 g/mol. The number of nitrogens with one attached hydrogen (secondary N) is 2. The van der Waals surface area contributed by atoms with Crippen molar-refractivity contribution in [1.82, 2.24) is 10.3 Å². The number of aromatic amines is 1. The SMILES string of the molecule is C[C@@H](NC(=O)c1cc2cccc(F)c2[nH]1)c1ccccc1. The number of fused-ring (bicyclic) bond motifs is 1. The molecule has 3 aromatic rings. The summed E-state index contributed by atoms with van der Waals surface area (Å²) in [6.45, 7) is 1.91. The van der Waals surface area contributed by atoms with E-state index in [1.807, 2.05) is 37.3 Å². The third kappa shape index (κ3) is 2.65. The molecule has 2 N–H and O–H groups in total. The molecule has 1 aromatic heterocycles. The number of amides is 1. The van der Waals surface area contributed by atoms with Crippen molar-refractivity contribution in [1.29, 1.82) is 0 Å². The van der Waals surface area contributed by atoms with E-state index in [1.54, 1.807) is 18.2 Å². The van der Waals surface area contributed by atoms with Crippen LogP contribution in [0.4, 0.5) is 4.39 Å². The summed E-state index contributed by atoms with van der Waals surface area (Å²) in [5.74, 6) is -0.607. The van der Waals surface area contributed by atoms with Gasteiger partial charge in [-0.2, -0.15) is 0 Å². The summed E-state index contributed by atoms with van der Waals surface area (Å²) in [6, 6.07) is 16.0. The topological polar surface area (TPSA) is 44.9 Å². The Balaban J connectivity index is 1.82. The maximum atomic E-state index is 13.6. The number of rotatable bonds is 3. The first-order valence-electron chi connectivity index (χ1n) is 6.78. The van der Waals surface area contributed by atoms with Gasteiger partial charge >= 0.3 is 0 Å². The minimum Gasteiger partial charge on any atom is -0.348 e. The molecule has 3 rings (SSSR count). The van der Waals surface area contributed by atoms with E-state index in [-0.39, 0.29) is 17.8 Å². The van der Waals surface area contributed by atoms with Crippen LogP contribution in [0.5, 0.6) is 0 Å². The number of hydrogen-bond donors (Lipinski definition) is 2. The molecule has 4 heteroatoms. The highest BCUT2D eigenvalue weighted by Crippen LogP contribution is 2.19. The molecule has 0 saturated heterocycles. The maximum Gasteiger partial charge on any atom is 0.268 e. The summed E-state index contributed by atoms with van der Waals surface area (Å²) in [5.41, 5.74) is 1.74. The van der Waals surface area contributed by atoms with Crippen LogP contribution in [0.25, 0.3) is 10.9 Å². The number of para-hydroxylation sites is 1. The minimum absolute atomic E-state index is 0.116. The number of carbonyl (C=O) groups excluding carboxylic acids is 1. The van der Waals surface area contributed by atoms with Crippen LogP contribution in [0.1, 0.15) is 29.0 Å². The van der Waals surface area contributed by atoms with Crippen molar-refractivity contribution in [2.45, 2.75) is 13.0 Å². The summed E-state index contributed by atoms with van der Waals surface area (Å²) in [4.78, 5) is 15.1. The van der Waals surface area contributed by atoms with Gasteiger partial charge in [-0.3, -0.25) is 4.79 Å². The Bertz CT molecular complexity index is 780. The van der Waals surface area contributed by atoms with Crippen LogP contribution in [0.2, 0.25) is 0 Å². The van der Waals surface area contributed by atoms with Gasteiger partial charge in [-0.1, -0.05) is 42.5 Å². The van der Waals surface area contributed by atoms with E-state index in [1.165, 1.54) is 6.07 Å². The van der Waals surface area contributed by atoms with Gasteiger partial charge < -0.3 is 10.3 Å². The van der Waals surface area contributed by atoms with Gasteiger partial charge in [-0.15, -0.1) is 0 Å².